The second-order valence-corrected chi connectivity index (χ2v) is 7.83. The van der Waals surface area contributed by atoms with Crippen molar-refractivity contribution in [2.75, 3.05) is 12.4 Å². The third kappa shape index (κ3) is 4.49. The molecule has 0 fully saturated rings. The third-order valence-corrected chi connectivity index (χ3v) is 5.62. The number of aromatic nitrogens is 1. The highest BCUT2D eigenvalue weighted by atomic mass is 35.5. The van der Waals surface area contributed by atoms with Crippen LogP contribution in [0.1, 0.15) is 26.3 Å². The van der Waals surface area contributed by atoms with Crippen molar-refractivity contribution in [3.63, 3.8) is 0 Å². The molecule has 1 amide bonds. The molecule has 0 radical (unpaired) electrons. The van der Waals surface area contributed by atoms with E-state index in [-0.39, 0.29) is 39.2 Å². The van der Waals surface area contributed by atoms with E-state index < -0.39 is 46.6 Å². The fourth-order valence-corrected chi connectivity index (χ4v) is 3.91. The molecular weight excluding hydrogens is 514 g/mol. The quantitative estimate of drug-likeness (QED) is 0.139. The standard InChI is InChI=1S/C24H13ClF6N2O3/c1-36-23(35)14-7-6-13-8-16(24(29,30)31)20(33(13)21(14)25)11-2-4-12(5-3-11)32-22(34)15-9-18(27)19(28)10-17(15)26/h2-10H,1H3,(H,32,34). The predicted octanol–water partition coefficient (Wildman–Crippen LogP) is 6.73. The zero-order valence-electron chi connectivity index (χ0n) is 18.0. The minimum absolute atomic E-state index is 0.0169. The molecule has 0 saturated heterocycles. The van der Waals surface area contributed by atoms with Gasteiger partial charge in [-0.3, -0.25) is 9.20 Å². The van der Waals surface area contributed by atoms with Gasteiger partial charge in [-0.2, -0.15) is 13.2 Å². The summed E-state index contributed by atoms with van der Waals surface area (Å²) >= 11 is 6.29. The molecule has 12 heteroatoms. The Morgan fingerprint density at radius 1 is 0.889 bits per heavy atom. The van der Waals surface area contributed by atoms with Crippen LogP contribution in [0.4, 0.5) is 32.0 Å². The Labute approximate surface area is 203 Å². The van der Waals surface area contributed by atoms with Crippen LogP contribution in [-0.4, -0.2) is 23.4 Å². The van der Waals surface area contributed by atoms with Gasteiger partial charge in [-0.05, 0) is 42.0 Å². The molecule has 0 aliphatic carbocycles. The lowest BCUT2D eigenvalue weighted by molar-refractivity contribution is -0.137. The van der Waals surface area contributed by atoms with E-state index in [1.807, 2.05) is 0 Å². The summed E-state index contributed by atoms with van der Waals surface area (Å²) in [5, 5.41) is 1.95. The highest BCUT2D eigenvalue weighted by Crippen LogP contribution is 2.41. The van der Waals surface area contributed by atoms with E-state index in [1.165, 1.54) is 36.4 Å². The molecule has 0 aliphatic rings. The van der Waals surface area contributed by atoms with E-state index in [1.54, 1.807) is 0 Å². The van der Waals surface area contributed by atoms with Gasteiger partial charge >= 0.3 is 12.1 Å². The number of nitrogens with zero attached hydrogens (tertiary/aromatic N) is 1. The maximum atomic E-state index is 13.9. The average molecular weight is 527 g/mol. The first-order valence-corrected chi connectivity index (χ1v) is 10.4. The SMILES string of the molecule is COC(=O)c1ccc2cc(C(F)(F)F)c(-c3ccc(NC(=O)c4cc(F)c(F)cc4F)cc3)n2c1Cl. The van der Waals surface area contributed by atoms with Crippen molar-refractivity contribution in [1.29, 1.82) is 0 Å². The molecule has 186 valence electrons. The largest absolute Gasteiger partial charge is 0.465 e. The molecule has 0 bridgehead atoms. The lowest BCUT2D eigenvalue weighted by atomic mass is 10.1. The van der Waals surface area contributed by atoms with Crippen molar-refractivity contribution >= 4 is 34.7 Å². The van der Waals surface area contributed by atoms with Crippen LogP contribution in [0.3, 0.4) is 0 Å². The van der Waals surface area contributed by atoms with Crippen molar-refractivity contribution in [2.24, 2.45) is 0 Å². The monoisotopic (exact) mass is 526 g/mol. The van der Waals surface area contributed by atoms with E-state index >= 15 is 0 Å². The number of esters is 1. The van der Waals surface area contributed by atoms with Crippen LogP contribution in [0.15, 0.2) is 54.6 Å². The highest BCUT2D eigenvalue weighted by molar-refractivity contribution is 6.33. The van der Waals surface area contributed by atoms with E-state index in [0.29, 0.717) is 6.07 Å². The normalized spacial score (nSPS) is 11.6. The number of carbonyl (C=O) groups is 2. The van der Waals surface area contributed by atoms with Crippen LogP contribution < -0.4 is 5.32 Å². The fourth-order valence-electron chi connectivity index (χ4n) is 3.59. The molecule has 2 aromatic heterocycles. The van der Waals surface area contributed by atoms with Gasteiger partial charge in [0.15, 0.2) is 11.6 Å². The predicted molar refractivity (Wildman–Crippen MR) is 118 cm³/mol. The number of amides is 1. The number of fused-ring (bicyclic) bond motifs is 1. The first kappa shape index (κ1) is 25.1. The molecule has 0 unspecified atom stereocenters. The van der Waals surface area contributed by atoms with Crippen LogP contribution in [0.25, 0.3) is 16.8 Å². The van der Waals surface area contributed by atoms with Crippen molar-refractivity contribution in [2.45, 2.75) is 6.18 Å². The van der Waals surface area contributed by atoms with E-state index in [0.717, 1.165) is 17.6 Å². The molecule has 4 rings (SSSR count). The lowest BCUT2D eigenvalue weighted by Gasteiger charge is -2.13. The Bertz CT molecular complexity index is 1510. The van der Waals surface area contributed by atoms with Crippen LogP contribution in [-0.2, 0) is 10.9 Å². The number of rotatable bonds is 4. The number of ether oxygens (including phenoxy) is 1. The topological polar surface area (TPSA) is 59.8 Å². The molecule has 2 aromatic carbocycles. The van der Waals surface area contributed by atoms with Gasteiger partial charge in [-0.1, -0.05) is 23.7 Å². The summed E-state index contributed by atoms with van der Waals surface area (Å²) in [5.41, 5.74) is -2.23. The van der Waals surface area contributed by atoms with E-state index in [9.17, 15) is 35.9 Å². The van der Waals surface area contributed by atoms with Crippen LogP contribution in [0.5, 0.6) is 0 Å². The fraction of sp³-hybridized carbons (Fsp3) is 0.0833. The number of nitrogens with one attached hydrogen (secondary N) is 1. The second-order valence-electron chi connectivity index (χ2n) is 7.47. The molecule has 0 spiro atoms. The summed E-state index contributed by atoms with van der Waals surface area (Å²) in [5.74, 6) is -6.15. The van der Waals surface area contributed by atoms with Crippen LogP contribution in [0, 0.1) is 17.5 Å². The minimum atomic E-state index is -4.78. The summed E-state index contributed by atoms with van der Waals surface area (Å²) in [6.45, 7) is 0. The number of carbonyl (C=O) groups excluding carboxylic acids is 2. The van der Waals surface area contributed by atoms with E-state index in [4.69, 9.17) is 11.6 Å². The molecule has 4 aromatic rings. The molecule has 36 heavy (non-hydrogen) atoms. The molecule has 5 nitrogen and oxygen atoms in total. The van der Waals surface area contributed by atoms with Gasteiger partial charge in [0.2, 0.25) is 0 Å². The number of alkyl halides is 3. The number of methoxy groups -OCH3 is 1. The van der Waals surface area contributed by atoms with Crippen LogP contribution >= 0.6 is 11.6 Å². The highest BCUT2D eigenvalue weighted by Gasteiger charge is 2.37. The number of halogens is 7. The lowest BCUT2D eigenvalue weighted by Crippen LogP contribution is -2.14. The number of benzene rings is 2. The minimum Gasteiger partial charge on any atom is -0.465 e. The maximum absolute atomic E-state index is 13.9. The van der Waals surface area contributed by atoms with Crippen molar-refractivity contribution in [3.8, 4) is 11.3 Å². The van der Waals surface area contributed by atoms with Crippen molar-refractivity contribution in [1.82, 2.24) is 4.40 Å². The van der Waals surface area contributed by atoms with Crippen molar-refractivity contribution in [3.05, 3.63) is 93.9 Å². The zero-order valence-corrected chi connectivity index (χ0v) is 18.8. The Balaban J connectivity index is 1.76. The average Bonchev–Trinajstić information content (AvgIpc) is 3.23. The number of pyridine rings is 1. The first-order chi connectivity index (χ1) is 16.9. The van der Waals surface area contributed by atoms with Gasteiger partial charge in [-0.25, -0.2) is 18.0 Å². The summed E-state index contributed by atoms with van der Waals surface area (Å²) < 4.78 is 87.7. The summed E-state index contributed by atoms with van der Waals surface area (Å²) in [4.78, 5) is 24.3. The first-order valence-electron chi connectivity index (χ1n) is 9.98. The van der Waals surface area contributed by atoms with Crippen molar-refractivity contribution < 1.29 is 40.7 Å². The Hall–Kier alpha value is -3.99. The number of hydrogen-bond donors (Lipinski definition) is 1. The molecule has 1 N–H and O–H groups in total. The Morgan fingerprint density at radius 2 is 1.53 bits per heavy atom. The van der Waals surface area contributed by atoms with Gasteiger partial charge < -0.3 is 10.1 Å². The molecule has 0 saturated carbocycles. The number of hydrogen-bond acceptors (Lipinski definition) is 3. The molecule has 0 atom stereocenters. The Morgan fingerprint density at radius 3 is 2.14 bits per heavy atom. The summed E-state index contributed by atoms with van der Waals surface area (Å²) in [7, 11) is 1.10. The maximum Gasteiger partial charge on any atom is 0.418 e. The molecule has 0 aliphatic heterocycles. The van der Waals surface area contributed by atoms with Gasteiger partial charge in [0.1, 0.15) is 11.0 Å². The zero-order chi connectivity index (χ0) is 26.4. The Kier molecular flexibility index (Phi) is 6.44. The summed E-state index contributed by atoms with van der Waals surface area (Å²) in [6, 6.07) is 8.90. The van der Waals surface area contributed by atoms with Gasteiger partial charge in [0.05, 0.1) is 29.5 Å². The smallest absolute Gasteiger partial charge is 0.418 e. The van der Waals surface area contributed by atoms with E-state index in [2.05, 4.69) is 10.1 Å². The molecule has 2 heterocycles. The van der Waals surface area contributed by atoms with Gasteiger partial charge in [0, 0.05) is 17.3 Å². The third-order valence-electron chi connectivity index (χ3n) is 5.25. The van der Waals surface area contributed by atoms with Gasteiger partial charge in [0.25, 0.3) is 5.91 Å². The molecular formula is C24H13ClF6N2O3. The van der Waals surface area contributed by atoms with Crippen LogP contribution in [0.2, 0.25) is 5.15 Å². The van der Waals surface area contributed by atoms with Gasteiger partial charge in [-0.15, -0.1) is 0 Å². The summed E-state index contributed by atoms with van der Waals surface area (Å²) in [6.07, 6.45) is -4.78. The second kappa shape index (κ2) is 9.23. The number of anilines is 1.